The second kappa shape index (κ2) is 19.6. The van der Waals surface area contributed by atoms with Gasteiger partial charge in [-0.15, -0.1) is 0 Å². The molecule has 0 aliphatic heterocycles. The summed E-state index contributed by atoms with van der Waals surface area (Å²) >= 11 is 0. The summed E-state index contributed by atoms with van der Waals surface area (Å²) in [7, 11) is 0. The van der Waals surface area contributed by atoms with E-state index >= 15 is 0 Å². The molecule has 0 aliphatic carbocycles. The van der Waals surface area contributed by atoms with Crippen LogP contribution in [0.3, 0.4) is 0 Å². The number of rotatable bonds is 20. The summed E-state index contributed by atoms with van der Waals surface area (Å²) in [6.45, 7) is 18.1. The smallest absolute Gasteiger partial charge is 0.250 e. The highest BCUT2D eigenvalue weighted by atomic mass is 16.7. The number of nitrogens with one attached hydrogen (secondary N) is 5. The Kier molecular flexibility index (Phi) is 15.9. The van der Waals surface area contributed by atoms with Gasteiger partial charge in [-0.05, 0) is 70.6 Å². The summed E-state index contributed by atoms with van der Waals surface area (Å²) in [6.07, 6.45) is -0.0148. The van der Waals surface area contributed by atoms with Crippen LogP contribution in [0.4, 0.5) is 0 Å². The van der Waals surface area contributed by atoms with Crippen LogP contribution in [0.5, 0.6) is 0 Å². The molecule has 4 atom stereocenters. The predicted octanol–water partition coefficient (Wildman–Crippen LogP) is 4.06. The lowest BCUT2D eigenvalue weighted by atomic mass is 9.96. The van der Waals surface area contributed by atoms with Crippen LogP contribution in [0, 0.1) is 11.8 Å². The predicted molar refractivity (Wildman–Crippen MR) is 207 cm³/mol. The van der Waals surface area contributed by atoms with E-state index in [9.17, 15) is 28.8 Å². The Hall–Kier alpha value is -4.89. The maximum Gasteiger partial charge on any atom is 0.250 e. The number of amides is 2. The van der Waals surface area contributed by atoms with Gasteiger partial charge in [-0.3, -0.25) is 43.5 Å². The van der Waals surface area contributed by atoms with Gasteiger partial charge in [-0.2, -0.15) is 16.1 Å². The fraction of sp³-hybridized carbons (Fsp3) is 0.488. The van der Waals surface area contributed by atoms with Crippen molar-refractivity contribution in [3.05, 3.63) is 89.2 Å². The van der Waals surface area contributed by atoms with Crippen LogP contribution in [0.2, 0.25) is 0 Å². The van der Waals surface area contributed by atoms with E-state index in [4.69, 9.17) is 9.68 Å². The molecule has 0 unspecified atom stereocenters. The molecular formula is C41H56N6O8. The summed E-state index contributed by atoms with van der Waals surface area (Å²) < 4.78 is 0. The molecule has 0 fully saturated rings. The molecule has 3 aromatic rings. The molecule has 1 aromatic heterocycles. The minimum Gasteiger partial charge on any atom is -0.344 e. The molecule has 0 bridgehead atoms. The highest BCUT2D eigenvalue weighted by Gasteiger charge is 2.36. The Bertz CT molecular complexity index is 1650. The minimum atomic E-state index is -1.30. The van der Waals surface area contributed by atoms with E-state index in [1.807, 2.05) is 69.2 Å². The zero-order valence-corrected chi connectivity index (χ0v) is 33.4. The third kappa shape index (κ3) is 14.0. The van der Waals surface area contributed by atoms with E-state index in [-0.39, 0.29) is 30.4 Å². The number of ketones is 4. The van der Waals surface area contributed by atoms with Crippen LogP contribution >= 0.6 is 0 Å². The Morgan fingerprint density at radius 1 is 0.618 bits per heavy atom. The highest BCUT2D eigenvalue weighted by molar-refractivity contribution is 6.47. The van der Waals surface area contributed by atoms with Gasteiger partial charge in [0.25, 0.3) is 5.78 Å². The van der Waals surface area contributed by atoms with Crippen LogP contribution in [-0.4, -0.2) is 80.5 Å². The van der Waals surface area contributed by atoms with Crippen LogP contribution in [-0.2, 0) is 41.7 Å². The van der Waals surface area contributed by atoms with Gasteiger partial charge in [0.15, 0.2) is 0 Å². The summed E-state index contributed by atoms with van der Waals surface area (Å²) in [5.74, 6) is -5.69. The van der Waals surface area contributed by atoms with Crippen LogP contribution in [0.25, 0.3) is 0 Å². The Morgan fingerprint density at radius 3 is 1.36 bits per heavy atom. The number of aromatic amines is 1. The SMILES string of the molecule is CC(C)[C@H](NOC(C)(C)C)C(=O)N[C@@H](Cc1ccccc1)C(=O)C(=O)c1cc(C(=O)C(=O)[C@H](Cc2ccccc2)NC(=O)[C@@H](NOC(C)(C)C)C(C)C)[nH]n1. The first-order valence-corrected chi connectivity index (χ1v) is 18.4. The van der Waals surface area contributed by atoms with Gasteiger partial charge in [-0.25, -0.2) is 0 Å². The third-order valence-electron chi connectivity index (χ3n) is 8.22. The molecule has 2 aromatic carbocycles. The van der Waals surface area contributed by atoms with Crippen molar-refractivity contribution in [2.45, 2.75) is 117 Å². The van der Waals surface area contributed by atoms with Gasteiger partial charge in [0.2, 0.25) is 29.2 Å². The number of nitrogens with zero attached hydrogens (tertiary/aromatic N) is 1. The average molecular weight is 761 g/mol. The number of carbonyl (C=O) groups is 6. The van der Waals surface area contributed by atoms with Gasteiger partial charge in [0.1, 0.15) is 23.5 Å². The standard InChI is InChI=1S/C41H56N6O8/c1-24(2)32(46-54-40(5,6)7)38(52)42-28(21-26-17-13-11-14-18-26)34(48)36(50)30-23-31(45-44-30)37(51)35(49)29(22-27-19-15-12-16-20-27)43-39(53)33(25(3)4)47-55-41(8,9)10/h11-20,23-25,28-29,32-33,46-47H,21-22H2,1-10H3,(H,42,52)(H,43,53)(H,44,45)/t28-,29-,32-,33-/m0/s1. The van der Waals surface area contributed by atoms with Gasteiger partial charge in [-0.1, -0.05) is 88.4 Å². The van der Waals surface area contributed by atoms with E-state index < -0.39 is 76.0 Å². The minimum absolute atomic E-state index is 0.00556. The second-order valence-electron chi connectivity index (χ2n) is 16.2. The quantitative estimate of drug-likeness (QED) is 0.0633. The monoisotopic (exact) mass is 760 g/mol. The zero-order valence-electron chi connectivity index (χ0n) is 33.4. The summed E-state index contributed by atoms with van der Waals surface area (Å²) in [5.41, 5.74) is 4.95. The molecule has 14 nitrogen and oxygen atoms in total. The molecular weight excluding hydrogens is 704 g/mol. The van der Waals surface area contributed by atoms with E-state index in [1.54, 1.807) is 60.7 Å². The van der Waals surface area contributed by atoms with Crippen LogP contribution < -0.4 is 21.6 Å². The first-order chi connectivity index (χ1) is 25.7. The topological polar surface area (TPSA) is 198 Å². The maximum absolute atomic E-state index is 13.8. The first kappa shape index (κ1) is 44.5. The fourth-order valence-electron chi connectivity index (χ4n) is 5.24. The number of hydrogen-bond donors (Lipinski definition) is 5. The molecule has 3 rings (SSSR count). The normalized spacial score (nSPS) is 14.2. The molecule has 298 valence electrons. The Labute approximate surface area is 323 Å². The van der Waals surface area contributed by atoms with Gasteiger partial charge in [0.05, 0.1) is 23.3 Å². The van der Waals surface area contributed by atoms with Crippen molar-refractivity contribution < 1.29 is 38.4 Å². The molecule has 55 heavy (non-hydrogen) atoms. The third-order valence-corrected chi connectivity index (χ3v) is 8.22. The molecule has 0 saturated carbocycles. The number of Topliss-reactive ketones (excluding diaryl/α,β-unsaturated/α-hetero) is 4. The average Bonchev–Trinajstić information content (AvgIpc) is 3.60. The lowest BCUT2D eigenvalue weighted by Crippen LogP contribution is -2.55. The number of hydroxylamine groups is 2. The van der Waals surface area contributed by atoms with Gasteiger partial charge < -0.3 is 10.6 Å². The van der Waals surface area contributed by atoms with Crippen molar-refractivity contribution in [2.24, 2.45) is 11.8 Å². The number of benzene rings is 2. The van der Waals surface area contributed by atoms with E-state index in [2.05, 4.69) is 31.8 Å². The largest absolute Gasteiger partial charge is 0.344 e. The number of carbonyl (C=O) groups excluding carboxylic acids is 6. The Balaban J connectivity index is 1.86. The van der Waals surface area contributed by atoms with E-state index in [0.29, 0.717) is 11.1 Å². The van der Waals surface area contributed by atoms with Crippen molar-refractivity contribution in [1.82, 2.24) is 31.8 Å². The van der Waals surface area contributed by atoms with Crippen molar-refractivity contribution >= 4 is 34.9 Å². The van der Waals surface area contributed by atoms with Crippen molar-refractivity contribution in [2.75, 3.05) is 0 Å². The molecule has 0 aliphatic rings. The molecule has 0 saturated heterocycles. The van der Waals surface area contributed by atoms with Crippen LogP contribution in [0.1, 0.15) is 101 Å². The van der Waals surface area contributed by atoms with Gasteiger partial charge >= 0.3 is 0 Å². The maximum atomic E-state index is 13.8. The second-order valence-corrected chi connectivity index (χ2v) is 16.2. The van der Waals surface area contributed by atoms with Crippen LogP contribution in [0.15, 0.2) is 66.7 Å². The van der Waals surface area contributed by atoms with Crippen molar-refractivity contribution in [3.63, 3.8) is 0 Å². The molecule has 14 heteroatoms. The van der Waals surface area contributed by atoms with Gasteiger partial charge in [0, 0.05) is 12.8 Å². The summed E-state index contributed by atoms with van der Waals surface area (Å²) in [6, 6.07) is 14.4. The van der Waals surface area contributed by atoms with Crippen molar-refractivity contribution in [3.8, 4) is 0 Å². The van der Waals surface area contributed by atoms with E-state index in [1.165, 1.54) is 0 Å². The number of H-pyrrole nitrogens is 1. The number of aromatic nitrogens is 2. The lowest BCUT2D eigenvalue weighted by molar-refractivity contribution is -0.140. The fourth-order valence-corrected chi connectivity index (χ4v) is 5.24. The highest BCUT2D eigenvalue weighted by Crippen LogP contribution is 2.15. The summed E-state index contributed by atoms with van der Waals surface area (Å²) in [4.78, 5) is 93.1. The number of hydrogen-bond acceptors (Lipinski definition) is 11. The zero-order chi connectivity index (χ0) is 41.1. The Morgan fingerprint density at radius 2 is 1.00 bits per heavy atom. The molecule has 1 heterocycles. The lowest BCUT2D eigenvalue weighted by Gasteiger charge is -2.28. The molecule has 0 radical (unpaired) electrons. The molecule has 5 N–H and O–H groups in total. The van der Waals surface area contributed by atoms with Crippen molar-refractivity contribution in [1.29, 1.82) is 0 Å². The first-order valence-electron chi connectivity index (χ1n) is 18.4. The molecule has 0 spiro atoms. The van der Waals surface area contributed by atoms with E-state index in [0.717, 1.165) is 6.07 Å². The summed E-state index contributed by atoms with van der Waals surface area (Å²) in [5, 5.41) is 11.7. The molecule has 2 amide bonds.